The highest BCUT2D eigenvalue weighted by Crippen LogP contribution is 2.23. The first kappa shape index (κ1) is 12.8. The van der Waals surface area contributed by atoms with Crippen molar-refractivity contribution in [3.05, 3.63) is 23.8 Å². The molecule has 0 radical (unpaired) electrons. The molecule has 0 aliphatic carbocycles. The highest BCUT2D eigenvalue weighted by Gasteiger charge is 2.27. The Labute approximate surface area is 88.8 Å². The molecule has 2 N–H and O–H groups in total. The van der Waals surface area contributed by atoms with E-state index >= 15 is 0 Å². The summed E-state index contributed by atoms with van der Waals surface area (Å²) in [7, 11) is -4.69. The van der Waals surface area contributed by atoms with Crippen molar-refractivity contribution in [1.29, 1.82) is 0 Å². The van der Waals surface area contributed by atoms with Gasteiger partial charge in [0.15, 0.2) is 9.84 Å². The summed E-state index contributed by atoms with van der Waals surface area (Å²) < 4.78 is 72.4. The van der Waals surface area contributed by atoms with Gasteiger partial charge in [-0.05, 0) is 12.1 Å². The van der Waals surface area contributed by atoms with Crippen molar-refractivity contribution in [3.8, 4) is 0 Å². The Balaban J connectivity index is 3.34. The van der Waals surface area contributed by atoms with Crippen LogP contribution in [-0.2, 0) is 9.84 Å². The fraction of sp³-hybridized carbons (Fsp3) is 0.250. The Bertz CT molecular complexity index is 478. The minimum Gasteiger partial charge on any atom is -0.399 e. The van der Waals surface area contributed by atoms with Crippen LogP contribution in [0.1, 0.15) is 0 Å². The van der Waals surface area contributed by atoms with Gasteiger partial charge in [-0.2, -0.15) is 0 Å². The zero-order chi connectivity index (χ0) is 12.5. The maximum atomic E-state index is 13.1. The second kappa shape index (κ2) is 4.28. The Hall–Kier alpha value is -1.31. The van der Waals surface area contributed by atoms with Crippen LogP contribution in [0, 0.1) is 11.6 Å². The molecule has 0 heterocycles. The van der Waals surface area contributed by atoms with Gasteiger partial charge in [0.05, 0.1) is 0 Å². The number of halogens is 4. The third-order valence-electron chi connectivity index (χ3n) is 1.68. The van der Waals surface area contributed by atoms with Gasteiger partial charge in [0.25, 0.3) is 6.43 Å². The van der Waals surface area contributed by atoms with Gasteiger partial charge in [0.2, 0.25) is 0 Å². The number of hydrogen-bond acceptors (Lipinski definition) is 3. The molecule has 0 fully saturated rings. The molecular formula is C8H7F4NO2S. The molecule has 0 aromatic heterocycles. The summed E-state index contributed by atoms with van der Waals surface area (Å²) in [6, 6.07) is 1.11. The fourth-order valence-corrected chi connectivity index (χ4v) is 2.34. The van der Waals surface area contributed by atoms with Gasteiger partial charge in [-0.25, -0.2) is 26.0 Å². The molecule has 0 aliphatic heterocycles. The van der Waals surface area contributed by atoms with Crippen molar-refractivity contribution in [1.82, 2.24) is 0 Å². The first-order valence-corrected chi connectivity index (χ1v) is 5.64. The second-order valence-electron chi connectivity index (χ2n) is 2.99. The van der Waals surface area contributed by atoms with E-state index in [0.29, 0.717) is 12.1 Å². The molecule has 90 valence electrons. The van der Waals surface area contributed by atoms with Crippen molar-refractivity contribution in [3.63, 3.8) is 0 Å². The van der Waals surface area contributed by atoms with Crippen molar-refractivity contribution in [2.24, 2.45) is 0 Å². The van der Waals surface area contributed by atoms with Gasteiger partial charge in [-0.3, -0.25) is 0 Å². The molecule has 0 amide bonds. The molecular weight excluding hydrogens is 250 g/mol. The summed E-state index contributed by atoms with van der Waals surface area (Å²) >= 11 is 0. The van der Waals surface area contributed by atoms with Crippen LogP contribution in [0.15, 0.2) is 17.0 Å². The van der Waals surface area contributed by atoms with E-state index in [1.165, 1.54) is 0 Å². The second-order valence-corrected chi connectivity index (χ2v) is 4.96. The number of nitrogen functional groups attached to an aromatic ring is 1. The fourth-order valence-electron chi connectivity index (χ4n) is 1.13. The van der Waals surface area contributed by atoms with Gasteiger partial charge in [-0.15, -0.1) is 0 Å². The average Bonchev–Trinajstić information content (AvgIpc) is 1.96. The van der Waals surface area contributed by atoms with E-state index in [2.05, 4.69) is 0 Å². The Morgan fingerprint density at radius 1 is 1.19 bits per heavy atom. The zero-order valence-electron chi connectivity index (χ0n) is 7.75. The molecule has 1 rings (SSSR count). The van der Waals surface area contributed by atoms with E-state index in [-0.39, 0.29) is 5.69 Å². The van der Waals surface area contributed by atoms with Gasteiger partial charge >= 0.3 is 0 Å². The van der Waals surface area contributed by atoms with Gasteiger partial charge < -0.3 is 5.73 Å². The summed E-state index contributed by atoms with van der Waals surface area (Å²) in [5, 5.41) is 0. The highest BCUT2D eigenvalue weighted by molar-refractivity contribution is 7.91. The van der Waals surface area contributed by atoms with Crippen LogP contribution in [-0.4, -0.2) is 20.6 Å². The van der Waals surface area contributed by atoms with Crippen molar-refractivity contribution in [2.45, 2.75) is 11.3 Å². The first-order chi connectivity index (χ1) is 7.24. The normalized spacial score (nSPS) is 12.1. The number of rotatable bonds is 3. The van der Waals surface area contributed by atoms with E-state index in [4.69, 9.17) is 5.73 Å². The molecule has 0 aliphatic rings. The molecule has 1 aromatic carbocycles. The predicted molar refractivity (Wildman–Crippen MR) is 48.8 cm³/mol. The SMILES string of the molecule is Nc1cc(F)c(S(=O)(=O)CC(F)F)c(F)c1. The lowest BCUT2D eigenvalue weighted by molar-refractivity contribution is 0.174. The number of hydrogen-bond donors (Lipinski definition) is 1. The van der Waals surface area contributed by atoms with E-state index in [0.717, 1.165) is 0 Å². The largest absolute Gasteiger partial charge is 0.399 e. The monoisotopic (exact) mass is 257 g/mol. The Kier molecular flexibility index (Phi) is 3.41. The summed E-state index contributed by atoms with van der Waals surface area (Å²) in [5.41, 5.74) is 4.72. The third kappa shape index (κ3) is 2.63. The Morgan fingerprint density at radius 3 is 2.00 bits per heavy atom. The smallest absolute Gasteiger partial charge is 0.252 e. The standard InChI is InChI=1S/C8H7F4NO2S/c9-5-1-4(13)2-6(10)8(5)16(14,15)3-7(11)12/h1-2,7H,3,13H2. The van der Waals surface area contributed by atoms with Crippen LogP contribution in [0.4, 0.5) is 23.2 Å². The van der Waals surface area contributed by atoms with Crippen LogP contribution < -0.4 is 5.73 Å². The minimum atomic E-state index is -4.69. The summed E-state index contributed by atoms with van der Waals surface area (Å²) in [6.45, 7) is 0. The first-order valence-electron chi connectivity index (χ1n) is 3.99. The minimum absolute atomic E-state index is 0.328. The van der Waals surface area contributed by atoms with Crippen molar-refractivity contribution in [2.75, 3.05) is 11.5 Å². The van der Waals surface area contributed by atoms with E-state index in [1.807, 2.05) is 0 Å². The van der Waals surface area contributed by atoms with Gasteiger partial charge in [0, 0.05) is 5.69 Å². The van der Waals surface area contributed by atoms with Crippen LogP contribution >= 0.6 is 0 Å². The molecule has 16 heavy (non-hydrogen) atoms. The zero-order valence-corrected chi connectivity index (χ0v) is 8.57. The molecule has 0 spiro atoms. The highest BCUT2D eigenvalue weighted by atomic mass is 32.2. The maximum Gasteiger partial charge on any atom is 0.252 e. The molecule has 3 nitrogen and oxygen atoms in total. The molecule has 0 atom stereocenters. The van der Waals surface area contributed by atoms with Gasteiger partial charge in [-0.1, -0.05) is 0 Å². The topological polar surface area (TPSA) is 60.2 Å². The lowest BCUT2D eigenvalue weighted by Crippen LogP contribution is -2.17. The van der Waals surface area contributed by atoms with Crippen molar-refractivity contribution >= 4 is 15.5 Å². The van der Waals surface area contributed by atoms with E-state index in [1.54, 1.807) is 0 Å². The van der Waals surface area contributed by atoms with Crippen LogP contribution in [0.5, 0.6) is 0 Å². The summed E-state index contributed by atoms with van der Waals surface area (Å²) in [4.78, 5) is -1.37. The number of benzene rings is 1. The average molecular weight is 257 g/mol. The number of alkyl halides is 2. The van der Waals surface area contributed by atoms with Crippen LogP contribution in [0.25, 0.3) is 0 Å². The van der Waals surface area contributed by atoms with Gasteiger partial charge in [0.1, 0.15) is 22.3 Å². The molecule has 0 bridgehead atoms. The van der Waals surface area contributed by atoms with Crippen LogP contribution in [0.2, 0.25) is 0 Å². The van der Waals surface area contributed by atoms with Crippen molar-refractivity contribution < 1.29 is 26.0 Å². The molecule has 0 saturated heterocycles. The number of anilines is 1. The van der Waals surface area contributed by atoms with E-state index in [9.17, 15) is 26.0 Å². The van der Waals surface area contributed by atoms with Crippen LogP contribution in [0.3, 0.4) is 0 Å². The third-order valence-corrected chi connectivity index (χ3v) is 3.38. The lowest BCUT2D eigenvalue weighted by Gasteiger charge is -2.07. The maximum absolute atomic E-state index is 13.1. The quantitative estimate of drug-likeness (QED) is 0.660. The Morgan fingerprint density at radius 2 is 1.62 bits per heavy atom. The summed E-state index contributed by atoms with van der Waals surface area (Å²) in [5.74, 6) is -4.58. The molecule has 0 unspecified atom stereocenters. The lowest BCUT2D eigenvalue weighted by atomic mass is 10.3. The molecule has 0 saturated carbocycles. The number of nitrogens with two attached hydrogens (primary N) is 1. The molecule has 8 heteroatoms. The van der Waals surface area contributed by atoms with E-state index < -0.39 is 38.5 Å². The molecule has 1 aromatic rings. The predicted octanol–water partition coefficient (Wildman–Crippen LogP) is 1.59. The summed E-state index contributed by atoms with van der Waals surface area (Å²) in [6.07, 6.45) is -3.21. The number of sulfone groups is 1.